The Labute approximate surface area is 154 Å². The number of hydrogen-bond donors (Lipinski definition) is 2. The summed E-state index contributed by atoms with van der Waals surface area (Å²) in [6.07, 6.45) is 3.42. The fourth-order valence-corrected chi connectivity index (χ4v) is 4.51. The minimum absolute atomic E-state index is 0.0149. The maximum atomic E-state index is 15.1. The van der Waals surface area contributed by atoms with Gasteiger partial charge in [-0.25, -0.2) is 9.18 Å². The second kappa shape index (κ2) is 5.22. The van der Waals surface area contributed by atoms with Gasteiger partial charge in [0.1, 0.15) is 17.9 Å². The molecule has 1 saturated carbocycles. The number of aromatic nitrogens is 1. The Morgan fingerprint density at radius 1 is 1.44 bits per heavy atom. The molecule has 3 N–H and O–H groups in total. The van der Waals surface area contributed by atoms with E-state index in [1.807, 2.05) is 11.8 Å². The van der Waals surface area contributed by atoms with Crippen molar-refractivity contribution in [3.63, 3.8) is 0 Å². The highest BCUT2D eigenvalue weighted by molar-refractivity contribution is 5.97. The molecule has 2 aliphatic heterocycles. The molecule has 3 heterocycles. The topological polar surface area (TPSA) is 97.8 Å². The van der Waals surface area contributed by atoms with Gasteiger partial charge >= 0.3 is 5.97 Å². The predicted octanol–water partition coefficient (Wildman–Crippen LogP) is 1.72. The summed E-state index contributed by atoms with van der Waals surface area (Å²) in [6.45, 7) is 3.34. The smallest absolute Gasteiger partial charge is 0.341 e. The average Bonchev–Trinajstić information content (AvgIpc) is 3.32. The van der Waals surface area contributed by atoms with Gasteiger partial charge in [-0.2, -0.15) is 0 Å². The molecular formula is C19H20FN3O4. The van der Waals surface area contributed by atoms with Gasteiger partial charge < -0.3 is 25.0 Å². The summed E-state index contributed by atoms with van der Waals surface area (Å²) in [4.78, 5) is 26.0. The van der Waals surface area contributed by atoms with Crippen molar-refractivity contribution < 1.29 is 19.0 Å². The Balaban J connectivity index is 1.78. The van der Waals surface area contributed by atoms with E-state index in [1.165, 1.54) is 6.20 Å². The van der Waals surface area contributed by atoms with Crippen molar-refractivity contribution in [2.75, 3.05) is 24.6 Å². The molecule has 0 radical (unpaired) electrons. The number of nitrogens with two attached hydrogens (primary N) is 1. The van der Waals surface area contributed by atoms with Gasteiger partial charge in [0.25, 0.3) is 0 Å². The maximum Gasteiger partial charge on any atom is 0.341 e. The van der Waals surface area contributed by atoms with Crippen LogP contribution in [-0.4, -0.2) is 41.4 Å². The molecule has 2 atom stereocenters. The van der Waals surface area contributed by atoms with E-state index in [9.17, 15) is 14.7 Å². The molecule has 1 aromatic carbocycles. The summed E-state index contributed by atoms with van der Waals surface area (Å²) >= 11 is 0. The second-order valence-electron chi connectivity index (χ2n) is 8.03. The zero-order chi connectivity index (χ0) is 19.1. The van der Waals surface area contributed by atoms with Gasteiger partial charge in [-0.05, 0) is 25.8 Å². The number of rotatable bonds is 2. The van der Waals surface area contributed by atoms with Crippen molar-refractivity contribution in [3.05, 3.63) is 33.9 Å². The molecule has 8 heteroatoms. The molecule has 1 aromatic heterocycles. The lowest BCUT2D eigenvalue weighted by atomic mass is 10.0. The van der Waals surface area contributed by atoms with Gasteiger partial charge in [0.05, 0.1) is 16.9 Å². The standard InChI is InChI=1S/C19H20FN3O4/c1-9-7-27-17-14-10(16(24)11(18(25)26)5-23(9)14)4-12(20)15(17)22-6-13(21)19(8-22)2-3-19/h4-5,9,13H,2-3,6-8,21H2,1H3,(H,25,26)/t9-,13-/m0/s1. The van der Waals surface area contributed by atoms with Crippen molar-refractivity contribution in [2.45, 2.75) is 31.8 Å². The fourth-order valence-electron chi connectivity index (χ4n) is 4.51. The minimum atomic E-state index is -1.32. The summed E-state index contributed by atoms with van der Waals surface area (Å²) in [5.74, 6) is -1.60. The highest BCUT2D eigenvalue weighted by Gasteiger charge is 2.54. The quantitative estimate of drug-likeness (QED) is 0.832. The lowest BCUT2D eigenvalue weighted by Gasteiger charge is -2.31. The number of halogens is 1. The van der Waals surface area contributed by atoms with Crippen molar-refractivity contribution in [1.82, 2.24) is 4.57 Å². The summed E-state index contributed by atoms with van der Waals surface area (Å²) in [6, 6.07) is 0.955. The SMILES string of the molecule is C[C@H]1COc2c(N3C[C@H](N)C4(CC4)C3)c(F)cc3c(=O)c(C(=O)O)cn1c23. The van der Waals surface area contributed by atoms with Crippen LogP contribution in [0.25, 0.3) is 10.9 Å². The molecule has 0 amide bonds. The first-order valence-corrected chi connectivity index (χ1v) is 9.10. The van der Waals surface area contributed by atoms with E-state index in [1.54, 1.807) is 4.57 Å². The van der Waals surface area contributed by atoms with Gasteiger partial charge in [-0.1, -0.05) is 0 Å². The summed E-state index contributed by atoms with van der Waals surface area (Å²) < 4.78 is 22.7. The van der Waals surface area contributed by atoms with Crippen molar-refractivity contribution in [3.8, 4) is 5.75 Å². The number of hydrogen-bond acceptors (Lipinski definition) is 5. The molecule has 0 unspecified atom stereocenters. The van der Waals surface area contributed by atoms with E-state index in [4.69, 9.17) is 10.5 Å². The van der Waals surface area contributed by atoms with Crippen LogP contribution in [0.15, 0.2) is 17.1 Å². The largest absolute Gasteiger partial charge is 0.487 e. The van der Waals surface area contributed by atoms with Gasteiger partial charge in [0.2, 0.25) is 5.43 Å². The number of anilines is 1. The van der Waals surface area contributed by atoms with Gasteiger partial charge in [-0.3, -0.25) is 4.79 Å². The molecule has 3 aliphatic rings. The Hall–Kier alpha value is -2.61. The molecule has 27 heavy (non-hydrogen) atoms. The van der Waals surface area contributed by atoms with Crippen LogP contribution in [0, 0.1) is 11.2 Å². The number of pyridine rings is 1. The zero-order valence-electron chi connectivity index (χ0n) is 14.9. The van der Waals surface area contributed by atoms with E-state index < -0.39 is 17.2 Å². The second-order valence-corrected chi connectivity index (χ2v) is 8.03. The van der Waals surface area contributed by atoms with Crippen LogP contribution in [0.3, 0.4) is 0 Å². The molecule has 2 fully saturated rings. The fraction of sp³-hybridized carbons (Fsp3) is 0.474. The first kappa shape index (κ1) is 16.6. The number of carbonyl (C=O) groups is 1. The van der Waals surface area contributed by atoms with E-state index in [0.717, 1.165) is 18.9 Å². The van der Waals surface area contributed by atoms with Gasteiger partial charge in [0.15, 0.2) is 11.6 Å². The van der Waals surface area contributed by atoms with Crippen LogP contribution in [-0.2, 0) is 0 Å². The predicted molar refractivity (Wildman–Crippen MR) is 97.2 cm³/mol. The number of ether oxygens (including phenoxy) is 1. The maximum absolute atomic E-state index is 15.1. The number of benzene rings is 1. The zero-order valence-corrected chi connectivity index (χ0v) is 14.9. The Bertz CT molecular complexity index is 1060. The van der Waals surface area contributed by atoms with Gasteiger partial charge in [0, 0.05) is 30.7 Å². The molecule has 5 rings (SSSR count). The highest BCUT2D eigenvalue weighted by Crippen LogP contribution is 2.54. The first-order valence-electron chi connectivity index (χ1n) is 9.10. The number of carboxylic acid groups (broad SMARTS) is 1. The van der Waals surface area contributed by atoms with Crippen LogP contribution in [0.2, 0.25) is 0 Å². The Kier molecular flexibility index (Phi) is 3.20. The van der Waals surface area contributed by atoms with Crippen LogP contribution >= 0.6 is 0 Å². The normalized spacial score (nSPS) is 25.1. The van der Waals surface area contributed by atoms with E-state index in [0.29, 0.717) is 30.0 Å². The lowest BCUT2D eigenvalue weighted by Crippen LogP contribution is -2.31. The minimum Gasteiger partial charge on any atom is -0.487 e. The molecule has 7 nitrogen and oxygen atoms in total. The van der Waals surface area contributed by atoms with Crippen molar-refractivity contribution >= 4 is 22.6 Å². The van der Waals surface area contributed by atoms with Gasteiger partial charge in [-0.15, -0.1) is 0 Å². The molecular weight excluding hydrogens is 353 g/mol. The third-order valence-electron chi connectivity index (χ3n) is 6.29. The molecule has 0 bridgehead atoms. The Morgan fingerprint density at radius 3 is 2.81 bits per heavy atom. The number of nitrogens with zero attached hydrogens (tertiary/aromatic N) is 2. The average molecular weight is 373 g/mol. The van der Waals surface area contributed by atoms with Crippen molar-refractivity contribution in [1.29, 1.82) is 0 Å². The van der Waals surface area contributed by atoms with Crippen LogP contribution in [0.4, 0.5) is 10.1 Å². The number of aromatic carboxylic acids is 1. The summed E-state index contributed by atoms with van der Waals surface area (Å²) in [5.41, 5.74) is 6.04. The third kappa shape index (κ3) is 2.16. The van der Waals surface area contributed by atoms with E-state index in [2.05, 4.69) is 0 Å². The molecule has 1 saturated heterocycles. The van der Waals surface area contributed by atoms with E-state index >= 15 is 4.39 Å². The monoisotopic (exact) mass is 373 g/mol. The third-order valence-corrected chi connectivity index (χ3v) is 6.29. The lowest BCUT2D eigenvalue weighted by molar-refractivity contribution is 0.0694. The summed E-state index contributed by atoms with van der Waals surface area (Å²) in [7, 11) is 0. The van der Waals surface area contributed by atoms with Crippen LogP contribution < -0.4 is 20.8 Å². The van der Waals surface area contributed by atoms with E-state index in [-0.39, 0.29) is 35.1 Å². The molecule has 1 spiro atoms. The van der Waals surface area contributed by atoms with Crippen LogP contribution in [0.1, 0.15) is 36.2 Å². The van der Waals surface area contributed by atoms with Crippen molar-refractivity contribution in [2.24, 2.45) is 11.1 Å². The Morgan fingerprint density at radius 2 is 2.19 bits per heavy atom. The molecule has 142 valence electrons. The first-order chi connectivity index (χ1) is 12.8. The molecule has 1 aliphatic carbocycles. The molecule has 2 aromatic rings. The van der Waals surface area contributed by atoms with Crippen LogP contribution in [0.5, 0.6) is 5.75 Å². The summed E-state index contributed by atoms with van der Waals surface area (Å²) in [5, 5.41) is 9.38. The number of carboxylic acids is 1. The highest BCUT2D eigenvalue weighted by atomic mass is 19.1.